The molecule has 3 N–H and O–H groups in total. The zero-order valence-corrected chi connectivity index (χ0v) is 21.8. The average molecular weight is 528 g/mol. The van der Waals surface area contributed by atoms with E-state index in [2.05, 4.69) is 16.0 Å². The van der Waals surface area contributed by atoms with Crippen LogP contribution >= 0.6 is 23.8 Å². The van der Waals surface area contributed by atoms with Crippen molar-refractivity contribution in [2.24, 2.45) is 5.92 Å². The molecular formula is C22H30ClN5O6S. The minimum absolute atomic E-state index is 0.0518. The number of nitro benzene ring substituents is 1. The Morgan fingerprint density at radius 1 is 1.17 bits per heavy atom. The van der Waals surface area contributed by atoms with Gasteiger partial charge in [-0.05, 0) is 52.2 Å². The highest BCUT2D eigenvalue weighted by atomic mass is 35.5. The first-order chi connectivity index (χ1) is 16.2. The number of alkyl carbamates (subject to hydrolysis) is 1. The van der Waals surface area contributed by atoms with E-state index in [1.165, 1.54) is 17.0 Å². The highest BCUT2D eigenvalue weighted by Crippen LogP contribution is 2.28. The number of benzene rings is 1. The van der Waals surface area contributed by atoms with Crippen molar-refractivity contribution in [1.29, 1.82) is 0 Å². The highest BCUT2D eigenvalue weighted by Gasteiger charge is 2.37. The van der Waals surface area contributed by atoms with Crippen LogP contribution in [0.25, 0.3) is 0 Å². The second kappa shape index (κ2) is 11.6. The highest BCUT2D eigenvalue weighted by molar-refractivity contribution is 7.82. The van der Waals surface area contributed by atoms with Crippen LogP contribution in [0.4, 0.5) is 16.2 Å². The number of nitrogens with one attached hydrogen (secondary N) is 3. The molecule has 0 aliphatic heterocycles. The molecule has 1 aliphatic carbocycles. The largest absolute Gasteiger partial charge is 0.444 e. The van der Waals surface area contributed by atoms with Crippen LogP contribution in [0.2, 0.25) is 5.02 Å². The Labute approximate surface area is 214 Å². The Balaban J connectivity index is 2.12. The molecular weight excluding hydrogens is 498 g/mol. The van der Waals surface area contributed by atoms with Gasteiger partial charge in [0.05, 0.1) is 11.0 Å². The van der Waals surface area contributed by atoms with Crippen LogP contribution in [-0.2, 0) is 14.3 Å². The second-order valence-corrected chi connectivity index (χ2v) is 10.3. The maximum absolute atomic E-state index is 12.6. The third-order valence-electron chi connectivity index (χ3n) is 5.27. The standard InChI is InChI=1S/C22H30ClN5O6S/c1-22(2,3)34-21(31)26-16-10-12(20(30)27(4)5)6-9-15(16)25-19(35)18(29)24-13-7-8-14(23)17(11-13)28(32)33/h7-8,11-12,15-16H,6,9-10H2,1-5H3,(H,24,29)(H,25,35)(H,26,31)/t12-,15-,16+/m0/s1. The summed E-state index contributed by atoms with van der Waals surface area (Å²) in [7, 11) is 3.34. The third kappa shape index (κ3) is 8.32. The number of nitrogens with zero attached hydrogens (tertiary/aromatic N) is 2. The molecule has 192 valence electrons. The fraction of sp³-hybridized carbons (Fsp3) is 0.545. The molecule has 1 aliphatic rings. The summed E-state index contributed by atoms with van der Waals surface area (Å²) in [6.45, 7) is 5.21. The van der Waals surface area contributed by atoms with Crippen molar-refractivity contribution < 1.29 is 24.0 Å². The zero-order valence-electron chi connectivity index (χ0n) is 20.2. The summed E-state index contributed by atoms with van der Waals surface area (Å²) < 4.78 is 5.35. The van der Waals surface area contributed by atoms with Gasteiger partial charge in [-0.2, -0.15) is 0 Å². The minimum Gasteiger partial charge on any atom is -0.444 e. The quantitative estimate of drug-likeness (QED) is 0.301. The smallest absolute Gasteiger partial charge is 0.407 e. The van der Waals surface area contributed by atoms with E-state index in [9.17, 15) is 24.5 Å². The molecule has 0 radical (unpaired) electrons. The van der Waals surface area contributed by atoms with Crippen molar-refractivity contribution in [2.75, 3.05) is 19.4 Å². The molecule has 13 heteroatoms. The van der Waals surface area contributed by atoms with Crippen LogP contribution in [0.5, 0.6) is 0 Å². The monoisotopic (exact) mass is 527 g/mol. The first kappa shape index (κ1) is 28.2. The topological polar surface area (TPSA) is 143 Å². The Hall–Kier alpha value is -2.99. The van der Waals surface area contributed by atoms with Gasteiger partial charge in [-0.3, -0.25) is 19.7 Å². The number of anilines is 1. The van der Waals surface area contributed by atoms with Gasteiger partial charge in [0.2, 0.25) is 5.91 Å². The molecule has 3 amide bonds. The van der Waals surface area contributed by atoms with E-state index in [0.29, 0.717) is 19.3 Å². The summed E-state index contributed by atoms with van der Waals surface area (Å²) in [5.74, 6) is -1.04. The van der Waals surface area contributed by atoms with Crippen LogP contribution in [-0.4, -0.2) is 64.5 Å². The Bertz CT molecular complexity index is 1010. The number of nitro groups is 1. The number of amides is 3. The molecule has 3 atom stereocenters. The van der Waals surface area contributed by atoms with E-state index in [4.69, 9.17) is 28.6 Å². The minimum atomic E-state index is -0.711. The van der Waals surface area contributed by atoms with Crippen molar-refractivity contribution in [3.05, 3.63) is 33.3 Å². The predicted molar refractivity (Wildman–Crippen MR) is 135 cm³/mol. The summed E-state index contributed by atoms with van der Waals surface area (Å²) in [4.78, 5) is 49.3. The van der Waals surface area contributed by atoms with Gasteiger partial charge in [0, 0.05) is 37.8 Å². The van der Waals surface area contributed by atoms with Gasteiger partial charge in [0.25, 0.3) is 11.6 Å². The van der Waals surface area contributed by atoms with Gasteiger partial charge < -0.3 is 25.6 Å². The van der Waals surface area contributed by atoms with Crippen molar-refractivity contribution in [1.82, 2.24) is 15.5 Å². The van der Waals surface area contributed by atoms with E-state index >= 15 is 0 Å². The lowest BCUT2D eigenvalue weighted by Gasteiger charge is -2.37. The predicted octanol–water partition coefficient (Wildman–Crippen LogP) is 3.25. The molecule has 1 fully saturated rings. The number of hydrogen-bond donors (Lipinski definition) is 3. The van der Waals surface area contributed by atoms with Crippen LogP contribution in [0, 0.1) is 16.0 Å². The van der Waals surface area contributed by atoms with Crippen LogP contribution in [0.3, 0.4) is 0 Å². The van der Waals surface area contributed by atoms with E-state index in [-0.39, 0.29) is 33.2 Å². The Kier molecular flexibility index (Phi) is 9.38. The normalized spacial score (nSPS) is 19.8. The van der Waals surface area contributed by atoms with Crippen LogP contribution in [0.1, 0.15) is 40.0 Å². The van der Waals surface area contributed by atoms with Crippen molar-refractivity contribution in [3.8, 4) is 0 Å². The molecule has 35 heavy (non-hydrogen) atoms. The van der Waals surface area contributed by atoms with E-state index in [0.717, 1.165) is 6.07 Å². The average Bonchev–Trinajstić information content (AvgIpc) is 2.73. The molecule has 0 heterocycles. The summed E-state index contributed by atoms with van der Waals surface area (Å²) >= 11 is 11.0. The van der Waals surface area contributed by atoms with E-state index in [1.54, 1.807) is 34.9 Å². The molecule has 0 spiro atoms. The lowest BCUT2D eigenvalue weighted by molar-refractivity contribution is -0.384. The van der Waals surface area contributed by atoms with E-state index < -0.39 is 34.6 Å². The summed E-state index contributed by atoms with van der Waals surface area (Å²) in [5.41, 5.74) is -0.912. The molecule has 2 rings (SSSR count). The van der Waals surface area contributed by atoms with Gasteiger partial charge in [0.15, 0.2) is 4.99 Å². The SMILES string of the molecule is CN(C)C(=O)[C@H]1CC[C@H](NC(=S)C(=O)Nc2ccc(Cl)c([N+](=O)[O-])c2)[C@H](NC(=O)OC(C)(C)C)C1. The fourth-order valence-electron chi connectivity index (χ4n) is 3.70. The first-order valence-electron chi connectivity index (χ1n) is 10.9. The lowest BCUT2D eigenvalue weighted by Crippen LogP contribution is -2.57. The molecule has 0 saturated heterocycles. The van der Waals surface area contributed by atoms with Crippen LogP contribution < -0.4 is 16.0 Å². The first-order valence-corrected chi connectivity index (χ1v) is 11.7. The number of hydrogen-bond acceptors (Lipinski definition) is 7. The molecule has 0 unspecified atom stereocenters. The lowest BCUT2D eigenvalue weighted by atomic mass is 9.81. The number of rotatable bonds is 5. The number of carbonyl (C=O) groups excluding carboxylic acids is 3. The molecule has 11 nitrogen and oxygen atoms in total. The number of carbonyl (C=O) groups is 3. The Morgan fingerprint density at radius 3 is 2.40 bits per heavy atom. The summed E-state index contributed by atoms with van der Waals surface area (Å²) in [6.07, 6.45) is 0.692. The van der Waals surface area contributed by atoms with Gasteiger partial charge in [0.1, 0.15) is 10.6 Å². The molecule has 1 saturated carbocycles. The van der Waals surface area contributed by atoms with Gasteiger partial charge in [-0.25, -0.2) is 4.79 Å². The van der Waals surface area contributed by atoms with Crippen molar-refractivity contribution >= 4 is 58.1 Å². The zero-order chi connectivity index (χ0) is 26.5. The third-order valence-corrected chi connectivity index (χ3v) is 5.89. The van der Waals surface area contributed by atoms with Crippen molar-refractivity contribution in [2.45, 2.75) is 57.7 Å². The second-order valence-electron chi connectivity index (χ2n) is 9.45. The molecule has 1 aromatic carbocycles. The fourth-order valence-corrected chi connectivity index (χ4v) is 4.09. The van der Waals surface area contributed by atoms with Gasteiger partial charge in [-0.15, -0.1) is 0 Å². The number of halogens is 1. The molecule has 1 aromatic rings. The van der Waals surface area contributed by atoms with Crippen molar-refractivity contribution in [3.63, 3.8) is 0 Å². The Morgan fingerprint density at radius 2 is 1.83 bits per heavy atom. The maximum atomic E-state index is 12.6. The summed E-state index contributed by atoms with van der Waals surface area (Å²) in [6, 6.07) is 2.88. The van der Waals surface area contributed by atoms with Crippen LogP contribution in [0.15, 0.2) is 18.2 Å². The summed E-state index contributed by atoms with van der Waals surface area (Å²) in [5, 5.41) is 19.3. The molecule has 0 aromatic heterocycles. The number of ether oxygens (including phenoxy) is 1. The van der Waals surface area contributed by atoms with E-state index in [1.807, 2.05) is 0 Å². The molecule has 0 bridgehead atoms. The van der Waals surface area contributed by atoms with Gasteiger partial charge in [-0.1, -0.05) is 23.8 Å². The number of thiocarbonyl (C=S) groups is 1. The van der Waals surface area contributed by atoms with Gasteiger partial charge >= 0.3 is 6.09 Å². The maximum Gasteiger partial charge on any atom is 0.407 e.